The van der Waals surface area contributed by atoms with Crippen molar-refractivity contribution in [3.8, 4) is 5.75 Å². The molecule has 1 heterocycles. The molecule has 5 nitrogen and oxygen atoms in total. The second-order valence-electron chi connectivity index (χ2n) is 7.10. The Morgan fingerprint density at radius 1 is 1.27 bits per heavy atom. The van der Waals surface area contributed by atoms with E-state index in [0.717, 1.165) is 28.8 Å². The van der Waals surface area contributed by atoms with Gasteiger partial charge in [-0.2, -0.15) is 0 Å². The molecule has 0 fully saturated rings. The first-order valence-electron chi connectivity index (χ1n) is 9.37. The van der Waals surface area contributed by atoms with Crippen molar-refractivity contribution < 1.29 is 14.3 Å². The fourth-order valence-electron chi connectivity index (χ4n) is 2.54. The number of rotatable bonds is 9. The van der Waals surface area contributed by atoms with E-state index in [9.17, 15) is 4.79 Å². The molecule has 0 unspecified atom stereocenters. The quantitative estimate of drug-likeness (QED) is 0.699. The lowest BCUT2D eigenvalue weighted by atomic mass is 10.0. The van der Waals surface area contributed by atoms with E-state index >= 15 is 0 Å². The van der Waals surface area contributed by atoms with Crippen molar-refractivity contribution in [1.29, 1.82) is 0 Å². The van der Waals surface area contributed by atoms with Gasteiger partial charge in [0.1, 0.15) is 16.9 Å². The molecule has 1 aromatic heterocycles. The molecule has 1 N–H and O–H groups in total. The van der Waals surface area contributed by atoms with E-state index in [4.69, 9.17) is 9.47 Å². The van der Waals surface area contributed by atoms with Gasteiger partial charge in [-0.25, -0.2) is 0 Å². The Morgan fingerprint density at radius 2 is 2.04 bits per heavy atom. The minimum absolute atomic E-state index is 0.144. The number of nitrogens with zero attached hydrogens (tertiary/aromatic N) is 1. The Balaban J connectivity index is 2.30. The summed E-state index contributed by atoms with van der Waals surface area (Å²) in [6, 6.07) is 7.53. The third kappa shape index (κ3) is 4.73. The van der Waals surface area contributed by atoms with Gasteiger partial charge < -0.3 is 14.8 Å². The van der Waals surface area contributed by atoms with Gasteiger partial charge in [0, 0.05) is 18.2 Å². The van der Waals surface area contributed by atoms with E-state index in [1.807, 2.05) is 45.0 Å². The lowest BCUT2D eigenvalue weighted by Crippen LogP contribution is -2.42. The van der Waals surface area contributed by atoms with E-state index in [2.05, 4.69) is 24.1 Å². The summed E-state index contributed by atoms with van der Waals surface area (Å²) in [4.78, 5) is 17.3. The number of benzene rings is 1. The first-order chi connectivity index (χ1) is 12.4. The number of hydrogen-bond acceptors (Lipinski definition) is 4. The number of pyridine rings is 1. The Morgan fingerprint density at radius 3 is 2.69 bits per heavy atom. The highest BCUT2D eigenvalue weighted by atomic mass is 16.5. The highest BCUT2D eigenvalue weighted by molar-refractivity contribution is 6.05. The average Bonchev–Trinajstić information content (AvgIpc) is 2.65. The summed E-state index contributed by atoms with van der Waals surface area (Å²) >= 11 is 0. The molecule has 26 heavy (non-hydrogen) atoms. The number of carbonyl (C=O) groups is 1. The summed E-state index contributed by atoms with van der Waals surface area (Å²) in [5, 5.41) is 3.88. The van der Waals surface area contributed by atoms with Crippen LogP contribution in [-0.2, 0) is 9.53 Å². The average molecular weight is 358 g/mol. The van der Waals surface area contributed by atoms with E-state index < -0.39 is 5.60 Å². The highest BCUT2D eigenvalue weighted by Gasteiger charge is 2.32. The number of aromatic nitrogens is 1. The van der Waals surface area contributed by atoms with Crippen LogP contribution in [0.3, 0.4) is 0 Å². The first-order valence-corrected chi connectivity index (χ1v) is 9.37. The number of anilines is 1. The summed E-state index contributed by atoms with van der Waals surface area (Å²) in [7, 11) is 0. The van der Waals surface area contributed by atoms with Crippen molar-refractivity contribution in [1.82, 2.24) is 4.98 Å². The molecule has 0 aliphatic carbocycles. The van der Waals surface area contributed by atoms with Crippen LogP contribution in [0, 0.1) is 5.92 Å². The normalized spacial score (nSPS) is 13.6. The van der Waals surface area contributed by atoms with Crippen molar-refractivity contribution in [3.63, 3.8) is 0 Å². The topological polar surface area (TPSA) is 60.5 Å². The van der Waals surface area contributed by atoms with Crippen molar-refractivity contribution in [2.24, 2.45) is 5.92 Å². The zero-order chi connectivity index (χ0) is 19.2. The molecule has 0 saturated carbocycles. The lowest BCUT2D eigenvalue weighted by molar-refractivity contribution is -0.139. The van der Waals surface area contributed by atoms with Gasteiger partial charge in [-0.1, -0.05) is 27.7 Å². The fraction of sp³-hybridized carbons (Fsp3) is 0.524. The van der Waals surface area contributed by atoms with E-state index in [1.54, 1.807) is 6.20 Å². The maximum atomic E-state index is 12.8. The maximum absolute atomic E-state index is 12.8. The van der Waals surface area contributed by atoms with Crippen molar-refractivity contribution in [2.45, 2.75) is 53.1 Å². The molecule has 5 heteroatoms. The van der Waals surface area contributed by atoms with Crippen LogP contribution in [0.25, 0.3) is 10.9 Å². The van der Waals surface area contributed by atoms with E-state index in [1.165, 1.54) is 0 Å². The van der Waals surface area contributed by atoms with Crippen molar-refractivity contribution in [3.05, 3.63) is 30.5 Å². The number of carbonyl (C=O) groups excluding carboxylic acids is 1. The molecule has 2 rings (SSSR count). The molecule has 0 saturated heterocycles. The van der Waals surface area contributed by atoms with Crippen molar-refractivity contribution in [2.75, 3.05) is 18.5 Å². The molecule has 0 spiro atoms. The van der Waals surface area contributed by atoms with E-state index in [-0.39, 0.29) is 5.91 Å². The van der Waals surface area contributed by atoms with Gasteiger partial charge in [0.25, 0.3) is 5.91 Å². The largest absolute Gasteiger partial charge is 0.491 e. The molecule has 142 valence electrons. The molecule has 1 amide bonds. The molecule has 1 aromatic carbocycles. The van der Waals surface area contributed by atoms with Gasteiger partial charge in [-0.05, 0) is 49.9 Å². The third-order valence-corrected chi connectivity index (χ3v) is 4.33. The van der Waals surface area contributed by atoms with Crippen LogP contribution in [0.2, 0.25) is 0 Å². The molecular weight excluding hydrogens is 328 g/mol. The van der Waals surface area contributed by atoms with Gasteiger partial charge in [0.2, 0.25) is 0 Å². The molecule has 1 atom stereocenters. The predicted octanol–water partition coefficient (Wildman–Crippen LogP) is 4.80. The highest BCUT2D eigenvalue weighted by Crippen LogP contribution is 2.31. The van der Waals surface area contributed by atoms with Crippen LogP contribution in [0.4, 0.5) is 5.69 Å². The summed E-state index contributed by atoms with van der Waals surface area (Å²) in [6.45, 7) is 11.2. The first kappa shape index (κ1) is 20.2. The van der Waals surface area contributed by atoms with Gasteiger partial charge in [0.15, 0.2) is 0 Å². The summed E-state index contributed by atoms with van der Waals surface area (Å²) < 4.78 is 11.7. The fourth-order valence-corrected chi connectivity index (χ4v) is 2.54. The predicted molar refractivity (Wildman–Crippen MR) is 106 cm³/mol. The summed E-state index contributed by atoms with van der Waals surface area (Å²) in [5.41, 5.74) is 0.616. The van der Waals surface area contributed by atoms with Crippen LogP contribution in [0.1, 0.15) is 47.5 Å². The second-order valence-corrected chi connectivity index (χ2v) is 7.10. The zero-order valence-electron chi connectivity index (χ0n) is 16.5. The Kier molecular flexibility index (Phi) is 6.98. The molecule has 0 aliphatic heterocycles. The second kappa shape index (κ2) is 8.99. The van der Waals surface area contributed by atoms with E-state index in [0.29, 0.717) is 25.6 Å². The Bertz CT molecular complexity index is 745. The number of fused-ring (bicyclic) bond motifs is 1. The van der Waals surface area contributed by atoms with Crippen LogP contribution in [-0.4, -0.2) is 29.7 Å². The molecule has 0 radical (unpaired) electrons. The summed E-state index contributed by atoms with van der Waals surface area (Å²) in [6.07, 6.45) is 3.21. The van der Waals surface area contributed by atoms with Crippen LogP contribution in [0.15, 0.2) is 30.5 Å². The number of nitrogens with one attached hydrogen (secondary N) is 1. The molecule has 2 aromatic rings. The van der Waals surface area contributed by atoms with Crippen LogP contribution >= 0.6 is 0 Å². The monoisotopic (exact) mass is 358 g/mol. The minimum Gasteiger partial charge on any atom is -0.491 e. The van der Waals surface area contributed by atoms with Crippen LogP contribution < -0.4 is 10.1 Å². The molecule has 0 bridgehead atoms. The standard InChI is InChI=1S/C21H30N2O3/c1-6-13-26-21(5,7-2)20(24)23-17-10-11-18(25-14-15(3)4)19-16(17)9-8-12-22-19/h8-12,15H,6-7,13-14H2,1-5H3,(H,23,24)/t21-/m1/s1. The smallest absolute Gasteiger partial charge is 0.256 e. The Hall–Kier alpha value is -2.14. The molecular formula is C21H30N2O3. The minimum atomic E-state index is -0.850. The number of amides is 1. The molecule has 0 aliphatic rings. The SMILES string of the molecule is CCCO[C@](C)(CC)C(=O)Nc1ccc(OCC(C)C)c2ncccc12. The summed E-state index contributed by atoms with van der Waals surface area (Å²) in [5.74, 6) is 1.01. The lowest BCUT2D eigenvalue weighted by Gasteiger charge is -2.27. The zero-order valence-corrected chi connectivity index (χ0v) is 16.5. The number of hydrogen-bond donors (Lipinski definition) is 1. The number of ether oxygens (including phenoxy) is 2. The maximum Gasteiger partial charge on any atom is 0.256 e. The Labute approximate surface area is 156 Å². The van der Waals surface area contributed by atoms with Gasteiger partial charge in [-0.3, -0.25) is 9.78 Å². The van der Waals surface area contributed by atoms with Crippen LogP contribution in [0.5, 0.6) is 5.75 Å². The van der Waals surface area contributed by atoms with Gasteiger partial charge in [-0.15, -0.1) is 0 Å². The van der Waals surface area contributed by atoms with Gasteiger partial charge in [0.05, 0.1) is 12.3 Å². The third-order valence-electron chi connectivity index (χ3n) is 4.33. The van der Waals surface area contributed by atoms with Gasteiger partial charge >= 0.3 is 0 Å². The van der Waals surface area contributed by atoms with Crippen molar-refractivity contribution >= 4 is 22.5 Å².